The number of nitro groups is 1. The number of pyridine rings is 1. The van der Waals surface area contributed by atoms with Gasteiger partial charge in [-0.3, -0.25) is 19.8 Å². The van der Waals surface area contributed by atoms with E-state index in [4.69, 9.17) is 4.74 Å². The molecule has 2 amide bonds. The van der Waals surface area contributed by atoms with Crippen molar-refractivity contribution in [3.05, 3.63) is 88.9 Å². The van der Waals surface area contributed by atoms with Crippen LogP contribution in [0.5, 0.6) is 11.5 Å². The highest BCUT2D eigenvalue weighted by Gasteiger charge is 2.30. The van der Waals surface area contributed by atoms with Gasteiger partial charge in [0.05, 0.1) is 22.4 Å². The van der Waals surface area contributed by atoms with E-state index in [9.17, 15) is 28.1 Å². The van der Waals surface area contributed by atoms with Gasteiger partial charge in [-0.15, -0.1) is 0 Å². The normalized spacial score (nSPS) is 11.1. The van der Waals surface area contributed by atoms with Gasteiger partial charge in [0, 0.05) is 48.9 Å². The molecule has 10 nitrogen and oxygen atoms in total. The number of hydrogen-bond donors (Lipinski definition) is 2. The van der Waals surface area contributed by atoms with Crippen molar-refractivity contribution in [2.45, 2.75) is 6.18 Å². The lowest BCUT2D eigenvalue weighted by Crippen LogP contribution is -2.20. The molecular weight excluding hydrogens is 481 g/mol. The molecular formula is C23H17F3N6O4. The number of amides is 2. The fourth-order valence-electron chi connectivity index (χ4n) is 3.19. The summed E-state index contributed by atoms with van der Waals surface area (Å²) in [5, 5.41) is 20.2. The number of nitrogens with zero attached hydrogens (tertiary/aromatic N) is 4. The van der Waals surface area contributed by atoms with Crippen LogP contribution in [0.4, 0.5) is 35.0 Å². The van der Waals surface area contributed by atoms with Crippen LogP contribution in [0.2, 0.25) is 0 Å². The van der Waals surface area contributed by atoms with E-state index in [2.05, 4.69) is 20.7 Å². The third kappa shape index (κ3) is 5.75. The Balaban J connectivity index is 1.51. The number of nitro benzene ring substituents is 1. The highest BCUT2D eigenvalue weighted by Crippen LogP contribution is 2.33. The van der Waals surface area contributed by atoms with Crippen LogP contribution >= 0.6 is 0 Å². The van der Waals surface area contributed by atoms with Crippen LogP contribution in [-0.2, 0) is 13.2 Å². The van der Waals surface area contributed by atoms with Gasteiger partial charge in [0.15, 0.2) is 0 Å². The third-order valence-electron chi connectivity index (χ3n) is 4.85. The van der Waals surface area contributed by atoms with Gasteiger partial charge in [0.2, 0.25) is 0 Å². The number of carbonyl (C=O) groups is 1. The first kappa shape index (κ1) is 24.2. The maximum atomic E-state index is 12.7. The Morgan fingerprint density at radius 1 is 1.06 bits per heavy atom. The van der Waals surface area contributed by atoms with E-state index in [1.54, 1.807) is 36.3 Å². The lowest BCUT2D eigenvalue weighted by Gasteiger charge is -2.12. The van der Waals surface area contributed by atoms with Gasteiger partial charge < -0.3 is 15.4 Å². The third-order valence-corrected chi connectivity index (χ3v) is 4.85. The van der Waals surface area contributed by atoms with E-state index in [1.165, 1.54) is 18.3 Å². The number of anilines is 2. The molecule has 0 fully saturated rings. The quantitative estimate of drug-likeness (QED) is 0.254. The molecule has 0 spiro atoms. The Kier molecular flexibility index (Phi) is 6.54. The Labute approximate surface area is 201 Å². The molecule has 184 valence electrons. The van der Waals surface area contributed by atoms with E-state index in [1.807, 2.05) is 0 Å². The monoisotopic (exact) mass is 498 g/mol. The van der Waals surface area contributed by atoms with Gasteiger partial charge in [0.1, 0.15) is 17.2 Å². The highest BCUT2D eigenvalue weighted by atomic mass is 19.4. The molecule has 4 aromatic rings. The van der Waals surface area contributed by atoms with Gasteiger partial charge >= 0.3 is 12.2 Å². The summed E-state index contributed by atoms with van der Waals surface area (Å²) in [5.74, 6) is 0.576. The van der Waals surface area contributed by atoms with Crippen molar-refractivity contribution in [1.29, 1.82) is 0 Å². The molecule has 0 bridgehead atoms. The molecule has 2 heterocycles. The molecule has 0 aliphatic heterocycles. The molecule has 13 heteroatoms. The van der Waals surface area contributed by atoms with Gasteiger partial charge in [-0.25, -0.2) is 4.79 Å². The first-order valence-electron chi connectivity index (χ1n) is 10.2. The van der Waals surface area contributed by atoms with Crippen molar-refractivity contribution < 1.29 is 27.6 Å². The van der Waals surface area contributed by atoms with Crippen LogP contribution < -0.4 is 15.4 Å². The standard InChI is InChI=1S/C23H17F3N6O4/c1-31-13-14(12-28-31)19-10-18(8-9-27-19)36-17-6-7-21(32(34)35)20(11-17)30-22(33)29-16-4-2-15(3-5-16)23(24,25)26/h2-13H,1H3,(H2,29,30,33). The van der Waals surface area contributed by atoms with E-state index in [-0.39, 0.29) is 17.1 Å². The SMILES string of the molecule is Cn1cc(-c2cc(Oc3ccc([N+](=O)[O-])c(NC(=O)Nc4ccc(C(F)(F)F)cc4)c3)ccn2)cn1. The number of alkyl halides is 3. The highest BCUT2D eigenvalue weighted by molar-refractivity contribution is 6.01. The number of nitrogens with one attached hydrogen (secondary N) is 2. The second-order valence-electron chi connectivity index (χ2n) is 7.47. The molecule has 0 aliphatic rings. The maximum Gasteiger partial charge on any atom is 0.416 e. The molecule has 0 saturated carbocycles. The van der Waals surface area contributed by atoms with Crippen LogP contribution in [0, 0.1) is 10.1 Å². The van der Waals surface area contributed by atoms with E-state index < -0.39 is 28.4 Å². The molecule has 0 unspecified atom stereocenters. The average Bonchev–Trinajstić information content (AvgIpc) is 3.25. The minimum Gasteiger partial charge on any atom is -0.457 e. The number of rotatable bonds is 6. The molecule has 0 saturated heterocycles. The molecule has 2 aromatic heterocycles. The van der Waals surface area contributed by atoms with Crippen molar-refractivity contribution in [2.24, 2.45) is 7.05 Å². The van der Waals surface area contributed by atoms with Gasteiger partial charge in [-0.1, -0.05) is 0 Å². The summed E-state index contributed by atoms with van der Waals surface area (Å²) in [6.07, 6.45) is 0.416. The van der Waals surface area contributed by atoms with Crippen molar-refractivity contribution in [3.8, 4) is 22.8 Å². The number of aryl methyl sites for hydroxylation is 1. The number of ether oxygens (including phenoxy) is 1. The van der Waals surface area contributed by atoms with Crippen LogP contribution in [0.25, 0.3) is 11.3 Å². The van der Waals surface area contributed by atoms with Crippen LogP contribution in [0.3, 0.4) is 0 Å². The predicted octanol–water partition coefficient (Wildman–Crippen LogP) is 5.85. The van der Waals surface area contributed by atoms with Gasteiger partial charge in [0.25, 0.3) is 5.69 Å². The topological polar surface area (TPSA) is 124 Å². The van der Waals surface area contributed by atoms with E-state index in [0.717, 1.165) is 35.9 Å². The predicted molar refractivity (Wildman–Crippen MR) is 124 cm³/mol. The molecule has 4 rings (SSSR count). The summed E-state index contributed by atoms with van der Waals surface area (Å²) < 4.78 is 45.6. The second-order valence-corrected chi connectivity index (χ2v) is 7.47. The Morgan fingerprint density at radius 2 is 1.78 bits per heavy atom. The number of aromatic nitrogens is 3. The maximum absolute atomic E-state index is 12.7. The summed E-state index contributed by atoms with van der Waals surface area (Å²) in [7, 11) is 1.77. The Morgan fingerprint density at radius 3 is 2.42 bits per heavy atom. The summed E-state index contributed by atoms with van der Waals surface area (Å²) in [4.78, 5) is 27.4. The second kappa shape index (κ2) is 9.74. The smallest absolute Gasteiger partial charge is 0.416 e. The number of hydrogen-bond acceptors (Lipinski definition) is 6. The minimum absolute atomic E-state index is 0.0651. The fraction of sp³-hybridized carbons (Fsp3) is 0.0870. The van der Waals surface area contributed by atoms with Crippen molar-refractivity contribution in [2.75, 3.05) is 10.6 Å². The molecule has 2 aromatic carbocycles. The number of halogens is 3. The first-order chi connectivity index (χ1) is 17.1. The summed E-state index contributed by atoms with van der Waals surface area (Å²) in [5.41, 5.74) is -0.0445. The number of benzene rings is 2. The zero-order valence-electron chi connectivity index (χ0n) is 18.5. The number of urea groups is 1. The summed E-state index contributed by atoms with van der Waals surface area (Å²) in [6, 6.07) is 9.88. The average molecular weight is 498 g/mol. The summed E-state index contributed by atoms with van der Waals surface area (Å²) in [6.45, 7) is 0. The molecule has 2 N–H and O–H groups in total. The molecule has 36 heavy (non-hydrogen) atoms. The lowest BCUT2D eigenvalue weighted by atomic mass is 10.2. The van der Waals surface area contributed by atoms with Gasteiger partial charge in [-0.2, -0.15) is 18.3 Å². The Hall–Kier alpha value is -4.94. The van der Waals surface area contributed by atoms with Crippen LogP contribution in [0.15, 0.2) is 73.2 Å². The first-order valence-corrected chi connectivity index (χ1v) is 10.2. The fourth-order valence-corrected chi connectivity index (χ4v) is 3.19. The molecule has 0 aliphatic carbocycles. The zero-order chi connectivity index (χ0) is 25.9. The summed E-state index contributed by atoms with van der Waals surface area (Å²) >= 11 is 0. The van der Waals surface area contributed by atoms with Crippen molar-refractivity contribution in [3.63, 3.8) is 0 Å². The van der Waals surface area contributed by atoms with E-state index in [0.29, 0.717) is 11.4 Å². The van der Waals surface area contributed by atoms with Crippen molar-refractivity contribution in [1.82, 2.24) is 14.8 Å². The minimum atomic E-state index is -4.52. The molecule has 0 radical (unpaired) electrons. The van der Waals surface area contributed by atoms with Crippen molar-refractivity contribution >= 4 is 23.1 Å². The zero-order valence-corrected chi connectivity index (χ0v) is 18.5. The lowest BCUT2D eigenvalue weighted by molar-refractivity contribution is -0.383. The number of carbonyl (C=O) groups excluding carboxylic acids is 1. The van der Waals surface area contributed by atoms with Gasteiger partial charge in [-0.05, 0) is 36.4 Å². The molecule has 0 atom stereocenters. The Bertz CT molecular complexity index is 1420. The largest absolute Gasteiger partial charge is 0.457 e. The van der Waals surface area contributed by atoms with E-state index >= 15 is 0 Å². The van der Waals surface area contributed by atoms with Crippen LogP contribution in [0.1, 0.15) is 5.56 Å². The van der Waals surface area contributed by atoms with Crippen LogP contribution in [-0.4, -0.2) is 25.7 Å².